The Morgan fingerprint density at radius 3 is 2.22 bits per heavy atom. The van der Waals surface area contributed by atoms with Crippen molar-refractivity contribution in [1.82, 2.24) is 5.32 Å². The Balaban J connectivity index is 2.27. The normalized spacial score (nSPS) is 10.8. The van der Waals surface area contributed by atoms with Gasteiger partial charge in [0.2, 0.25) is 5.91 Å². The standard InChI is InChI=1S/C15H15N3O4S/c1-17-15(20)11-3-2-4-12(9-11)18-23(21,22)13-7-5-10(6-8-13)14(16)19/h2-9,18H,1H3,(H2,16,19)(H,17,20). The van der Waals surface area contributed by atoms with Crippen LogP contribution in [0.4, 0.5) is 5.69 Å². The van der Waals surface area contributed by atoms with Gasteiger partial charge in [-0.15, -0.1) is 0 Å². The van der Waals surface area contributed by atoms with Gasteiger partial charge in [-0.05, 0) is 42.5 Å². The van der Waals surface area contributed by atoms with Crippen LogP contribution in [0.15, 0.2) is 53.4 Å². The smallest absolute Gasteiger partial charge is 0.261 e. The molecule has 0 saturated carbocycles. The highest BCUT2D eigenvalue weighted by molar-refractivity contribution is 7.92. The molecule has 0 bridgehead atoms. The van der Waals surface area contributed by atoms with Crippen LogP contribution in [0.1, 0.15) is 20.7 Å². The van der Waals surface area contributed by atoms with E-state index >= 15 is 0 Å². The van der Waals surface area contributed by atoms with E-state index in [1.807, 2.05) is 0 Å². The Kier molecular flexibility index (Phi) is 4.65. The van der Waals surface area contributed by atoms with E-state index in [-0.39, 0.29) is 22.1 Å². The number of nitrogens with two attached hydrogens (primary N) is 1. The van der Waals surface area contributed by atoms with E-state index in [1.165, 1.54) is 43.4 Å². The number of carbonyl (C=O) groups excluding carboxylic acids is 2. The lowest BCUT2D eigenvalue weighted by Crippen LogP contribution is -2.18. The fourth-order valence-corrected chi connectivity index (χ4v) is 2.93. The molecule has 0 heterocycles. The quantitative estimate of drug-likeness (QED) is 0.754. The molecule has 0 aromatic heterocycles. The third-order valence-corrected chi connectivity index (χ3v) is 4.45. The molecule has 2 aromatic carbocycles. The molecule has 0 unspecified atom stereocenters. The molecule has 0 radical (unpaired) electrons. The number of anilines is 1. The highest BCUT2D eigenvalue weighted by Crippen LogP contribution is 2.17. The van der Waals surface area contributed by atoms with Crippen molar-refractivity contribution in [3.05, 3.63) is 59.7 Å². The predicted octanol–water partition coefficient (Wildman–Crippen LogP) is 0.946. The summed E-state index contributed by atoms with van der Waals surface area (Å²) in [4.78, 5) is 22.6. The van der Waals surface area contributed by atoms with Gasteiger partial charge in [-0.1, -0.05) is 6.07 Å². The molecule has 0 aliphatic rings. The van der Waals surface area contributed by atoms with Gasteiger partial charge in [0.05, 0.1) is 4.90 Å². The molecule has 0 atom stereocenters. The maximum absolute atomic E-state index is 12.3. The molecular formula is C15H15N3O4S. The van der Waals surface area contributed by atoms with Crippen molar-refractivity contribution in [2.24, 2.45) is 5.73 Å². The van der Waals surface area contributed by atoms with Crippen LogP contribution in [0.2, 0.25) is 0 Å². The number of benzene rings is 2. The van der Waals surface area contributed by atoms with Gasteiger partial charge in [0.25, 0.3) is 15.9 Å². The predicted molar refractivity (Wildman–Crippen MR) is 85.6 cm³/mol. The van der Waals surface area contributed by atoms with Gasteiger partial charge in [0.15, 0.2) is 0 Å². The van der Waals surface area contributed by atoms with Gasteiger partial charge in [0, 0.05) is 23.9 Å². The summed E-state index contributed by atoms with van der Waals surface area (Å²) in [5, 5.41) is 2.46. The summed E-state index contributed by atoms with van der Waals surface area (Å²) >= 11 is 0. The summed E-state index contributed by atoms with van der Waals surface area (Å²) in [5.41, 5.74) is 5.91. The molecule has 120 valence electrons. The Hall–Kier alpha value is -2.87. The average molecular weight is 333 g/mol. The van der Waals surface area contributed by atoms with E-state index in [2.05, 4.69) is 10.0 Å². The zero-order chi connectivity index (χ0) is 17.0. The van der Waals surface area contributed by atoms with Crippen LogP contribution in [0.25, 0.3) is 0 Å². The second kappa shape index (κ2) is 6.49. The average Bonchev–Trinajstić information content (AvgIpc) is 2.54. The first kappa shape index (κ1) is 16.5. The number of sulfonamides is 1. The molecule has 7 nitrogen and oxygen atoms in total. The molecule has 0 aliphatic carbocycles. The summed E-state index contributed by atoms with van der Waals surface area (Å²) < 4.78 is 27.0. The van der Waals surface area contributed by atoms with E-state index in [0.29, 0.717) is 5.56 Å². The fourth-order valence-electron chi connectivity index (χ4n) is 1.88. The lowest BCUT2D eigenvalue weighted by molar-refractivity contribution is 0.0961. The third kappa shape index (κ3) is 3.86. The van der Waals surface area contributed by atoms with Crippen LogP contribution in [0, 0.1) is 0 Å². The van der Waals surface area contributed by atoms with Crippen LogP contribution < -0.4 is 15.8 Å². The van der Waals surface area contributed by atoms with E-state index < -0.39 is 15.9 Å². The number of carbonyl (C=O) groups is 2. The van der Waals surface area contributed by atoms with E-state index in [9.17, 15) is 18.0 Å². The molecule has 2 rings (SSSR count). The van der Waals surface area contributed by atoms with Crippen LogP contribution in [0.3, 0.4) is 0 Å². The van der Waals surface area contributed by atoms with Gasteiger partial charge >= 0.3 is 0 Å². The van der Waals surface area contributed by atoms with Crippen molar-refractivity contribution in [1.29, 1.82) is 0 Å². The van der Waals surface area contributed by atoms with Crippen LogP contribution in [-0.4, -0.2) is 27.3 Å². The minimum Gasteiger partial charge on any atom is -0.366 e. The van der Waals surface area contributed by atoms with Gasteiger partial charge < -0.3 is 11.1 Å². The number of amides is 2. The van der Waals surface area contributed by atoms with Crippen molar-refractivity contribution in [2.75, 3.05) is 11.8 Å². The number of nitrogens with one attached hydrogen (secondary N) is 2. The molecule has 2 amide bonds. The highest BCUT2D eigenvalue weighted by atomic mass is 32.2. The second-order valence-corrected chi connectivity index (χ2v) is 6.34. The monoisotopic (exact) mass is 333 g/mol. The van der Waals surface area contributed by atoms with E-state index in [4.69, 9.17) is 5.73 Å². The number of rotatable bonds is 5. The minimum atomic E-state index is -3.84. The Labute approximate surface area is 133 Å². The van der Waals surface area contributed by atoms with Crippen molar-refractivity contribution in [2.45, 2.75) is 4.90 Å². The first-order valence-corrected chi connectivity index (χ1v) is 8.06. The molecule has 8 heteroatoms. The third-order valence-electron chi connectivity index (χ3n) is 3.05. The number of primary amides is 1. The minimum absolute atomic E-state index is 0.0205. The van der Waals surface area contributed by atoms with Crippen molar-refractivity contribution in [3.8, 4) is 0 Å². The van der Waals surface area contributed by atoms with E-state index in [0.717, 1.165) is 0 Å². The molecule has 0 fully saturated rings. The summed E-state index contributed by atoms with van der Waals surface area (Å²) in [6, 6.07) is 11.3. The van der Waals surface area contributed by atoms with Crippen molar-refractivity contribution >= 4 is 27.5 Å². The van der Waals surface area contributed by atoms with E-state index in [1.54, 1.807) is 12.1 Å². The number of hydrogen-bond acceptors (Lipinski definition) is 4. The molecular weight excluding hydrogens is 318 g/mol. The maximum atomic E-state index is 12.3. The van der Waals surface area contributed by atoms with Gasteiger partial charge in [-0.25, -0.2) is 8.42 Å². The zero-order valence-electron chi connectivity index (χ0n) is 12.2. The molecule has 23 heavy (non-hydrogen) atoms. The lowest BCUT2D eigenvalue weighted by Gasteiger charge is -2.09. The van der Waals surface area contributed by atoms with Crippen molar-refractivity contribution in [3.63, 3.8) is 0 Å². The number of hydrogen-bond donors (Lipinski definition) is 3. The highest BCUT2D eigenvalue weighted by Gasteiger charge is 2.15. The maximum Gasteiger partial charge on any atom is 0.261 e. The van der Waals surface area contributed by atoms with Crippen LogP contribution in [0.5, 0.6) is 0 Å². The first-order valence-electron chi connectivity index (χ1n) is 6.58. The van der Waals surface area contributed by atoms with Gasteiger partial charge in [-0.3, -0.25) is 14.3 Å². The van der Waals surface area contributed by atoms with Crippen LogP contribution >= 0.6 is 0 Å². The van der Waals surface area contributed by atoms with Crippen LogP contribution in [-0.2, 0) is 10.0 Å². The first-order chi connectivity index (χ1) is 10.8. The Bertz CT molecular complexity index is 845. The summed E-state index contributed by atoms with van der Waals surface area (Å²) in [7, 11) is -2.35. The van der Waals surface area contributed by atoms with Crippen molar-refractivity contribution < 1.29 is 18.0 Å². The second-order valence-electron chi connectivity index (χ2n) is 4.65. The summed E-state index contributed by atoms with van der Waals surface area (Å²) in [5.74, 6) is -0.961. The van der Waals surface area contributed by atoms with Gasteiger partial charge in [0.1, 0.15) is 0 Å². The fraction of sp³-hybridized carbons (Fsp3) is 0.0667. The summed E-state index contributed by atoms with van der Waals surface area (Å²) in [6.45, 7) is 0. The largest absolute Gasteiger partial charge is 0.366 e. The topological polar surface area (TPSA) is 118 Å². The van der Waals surface area contributed by atoms with Gasteiger partial charge in [-0.2, -0.15) is 0 Å². The molecule has 0 spiro atoms. The molecule has 4 N–H and O–H groups in total. The SMILES string of the molecule is CNC(=O)c1cccc(NS(=O)(=O)c2ccc(C(N)=O)cc2)c1. The molecule has 0 aliphatic heterocycles. The Morgan fingerprint density at radius 2 is 1.65 bits per heavy atom. The lowest BCUT2D eigenvalue weighted by atomic mass is 10.2. The zero-order valence-corrected chi connectivity index (χ0v) is 13.1. The summed E-state index contributed by atoms with van der Waals surface area (Å²) in [6.07, 6.45) is 0. The molecule has 0 saturated heterocycles. The molecule has 2 aromatic rings. The Morgan fingerprint density at radius 1 is 1.00 bits per heavy atom.